The zero-order valence-electron chi connectivity index (χ0n) is 10.5. The number of anilines is 1. The molecule has 2 heterocycles. The molecular formula is C14H17ClN2OS. The molecule has 5 heteroatoms. The fourth-order valence-electron chi connectivity index (χ4n) is 2.17. The lowest BCUT2D eigenvalue weighted by Gasteiger charge is -2.02. The fourth-order valence-corrected chi connectivity index (χ4v) is 3.08. The normalized spacial score (nSPS) is 18.2. The number of nitrogen functional groups attached to an aromatic ring is 1. The number of aromatic nitrogens is 1. The first kappa shape index (κ1) is 14.3. The lowest BCUT2D eigenvalue weighted by Crippen LogP contribution is -1.98. The molecule has 0 amide bonds. The monoisotopic (exact) mass is 296 g/mol. The van der Waals surface area contributed by atoms with E-state index in [1.165, 1.54) is 16.3 Å². The molecule has 1 aromatic carbocycles. The summed E-state index contributed by atoms with van der Waals surface area (Å²) in [6.07, 6.45) is 1.99. The van der Waals surface area contributed by atoms with E-state index in [0.29, 0.717) is 5.92 Å². The highest BCUT2D eigenvalue weighted by Gasteiger charge is 2.20. The van der Waals surface area contributed by atoms with E-state index in [4.69, 9.17) is 15.5 Å². The largest absolute Gasteiger partial charge is 0.399 e. The summed E-state index contributed by atoms with van der Waals surface area (Å²) < 4.78 is 5.40. The molecule has 3 rings (SSSR count). The SMILES string of the molecule is Cl.Nc1ccc(Cc2nc(C3CCOC3)cs2)cc1. The summed E-state index contributed by atoms with van der Waals surface area (Å²) in [5, 5.41) is 3.34. The van der Waals surface area contributed by atoms with Gasteiger partial charge in [-0.25, -0.2) is 4.98 Å². The smallest absolute Gasteiger partial charge is 0.0972 e. The molecule has 2 aromatic rings. The zero-order valence-corrected chi connectivity index (χ0v) is 12.2. The van der Waals surface area contributed by atoms with Crippen molar-refractivity contribution in [3.8, 4) is 0 Å². The number of halogens is 1. The third-order valence-electron chi connectivity index (χ3n) is 3.25. The minimum Gasteiger partial charge on any atom is -0.399 e. The first-order chi connectivity index (χ1) is 8.81. The van der Waals surface area contributed by atoms with E-state index < -0.39 is 0 Å². The molecule has 0 aliphatic carbocycles. The lowest BCUT2D eigenvalue weighted by atomic mass is 10.1. The van der Waals surface area contributed by atoms with Crippen LogP contribution in [-0.4, -0.2) is 18.2 Å². The molecule has 3 nitrogen and oxygen atoms in total. The average Bonchev–Trinajstić information content (AvgIpc) is 3.02. The van der Waals surface area contributed by atoms with Gasteiger partial charge in [0.15, 0.2) is 0 Å². The number of rotatable bonds is 3. The second kappa shape index (κ2) is 6.37. The van der Waals surface area contributed by atoms with Gasteiger partial charge >= 0.3 is 0 Å². The van der Waals surface area contributed by atoms with Crippen LogP contribution in [0.4, 0.5) is 5.69 Å². The number of hydrogen-bond acceptors (Lipinski definition) is 4. The Morgan fingerprint density at radius 3 is 2.79 bits per heavy atom. The zero-order chi connectivity index (χ0) is 12.4. The predicted octanol–water partition coefficient (Wildman–Crippen LogP) is 3.24. The quantitative estimate of drug-likeness (QED) is 0.885. The summed E-state index contributed by atoms with van der Waals surface area (Å²) in [6, 6.07) is 8.01. The molecule has 0 spiro atoms. The Labute approximate surface area is 123 Å². The molecule has 19 heavy (non-hydrogen) atoms. The molecule has 1 unspecified atom stereocenters. The molecule has 2 N–H and O–H groups in total. The minimum atomic E-state index is 0. The highest BCUT2D eigenvalue weighted by atomic mass is 35.5. The van der Waals surface area contributed by atoms with Crippen molar-refractivity contribution in [1.29, 1.82) is 0 Å². The van der Waals surface area contributed by atoms with Crippen LogP contribution in [0.1, 0.15) is 28.6 Å². The van der Waals surface area contributed by atoms with E-state index in [-0.39, 0.29) is 12.4 Å². The highest BCUT2D eigenvalue weighted by Crippen LogP contribution is 2.27. The van der Waals surface area contributed by atoms with Crippen LogP contribution < -0.4 is 5.73 Å². The number of thiazole rings is 1. The molecule has 1 aromatic heterocycles. The van der Waals surface area contributed by atoms with E-state index in [0.717, 1.165) is 31.7 Å². The number of nitrogens with two attached hydrogens (primary N) is 1. The van der Waals surface area contributed by atoms with E-state index in [1.807, 2.05) is 12.1 Å². The third-order valence-corrected chi connectivity index (χ3v) is 4.12. The van der Waals surface area contributed by atoms with Crippen molar-refractivity contribution in [2.24, 2.45) is 0 Å². The van der Waals surface area contributed by atoms with E-state index in [1.54, 1.807) is 11.3 Å². The molecule has 102 valence electrons. The van der Waals surface area contributed by atoms with Gasteiger partial charge in [0, 0.05) is 30.0 Å². The van der Waals surface area contributed by atoms with Crippen LogP contribution >= 0.6 is 23.7 Å². The fraction of sp³-hybridized carbons (Fsp3) is 0.357. The summed E-state index contributed by atoms with van der Waals surface area (Å²) in [7, 11) is 0. The molecule has 0 radical (unpaired) electrons. The van der Waals surface area contributed by atoms with Crippen molar-refractivity contribution < 1.29 is 4.74 Å². The first-order valence-corrected chi connectivity index (χ1v) is 7.06. The summed E-state index contributed by atoms with van der Waals surface area (Å²) in [5.74, 6) is 0.501. The number of ether oxygens (including phenoxy) is 1. The van der Waals surface area contributed by atoms with Gasteiger partial charge in [-0.05, 0) is 24.1 Å². The maximum Gasteiger partial charge on any atom is 0.0972 e. The Hall–Kier alpha value is -1.10. The van der Waals surface area contributed by atoms with Gasteiger partial charge in [-0.3, -0.25) is 0 Å². The Morgan fingerprint density at radius 1 is 1.32 bits per heavy atom. The van der Waals surface area contributed by atoms with Crippen molar-refractivity contribution in [3.63, 3.8) is 0 Å². The summed E-state index contributed by atoms with van der Waals surface area (Å²) in [4.78, 5) is 4.72. The van der Waals surface area contributed by atoms with Gasteiger partial charge < -0.3 is 10.5 Å². The van der Waals surface area contributed by atoms with Crippen molar-refractivity contribution in [1.82, 2.24) is 4.98 Å². The Bertz CT molecular complexity index is 520. The minimum absolute atomic E-state index is 0. The summed E-state index contributed by atoms with van der Waals surface area (Å²) >= 11 is 1.74. The molecule has 1 aliphatic heterocycles. The van der Waals surface area contributed by atoms with Crippen LogP contribution in [-0.2, 0) is 11.2 Å². The van der Waals surface area contributed by atoms with E-state index >= 15 is 0 Å². The number of hydrogen-bond donors (Lipinski definition) is 1. The van der Waals surface area contributed by atoms with Gasteiger partial charge in [-0.1, -0.05) is 12.1 Å². The number of benzene rings is 1. The van der Waals surface area contributed by atoms with Gasteiger partial charge in [-0.2, -0.15) is 0 Å². The third kappa shape index (κ3) is 3.47. The Balaban J connectivity index is 0.00000133. The van der Waals surface area contributed by atoms with E-state index in [9.17, 15) is 0 Å². The van der Waals surface area contributed by atoms with E-state index in [2.05, 4.69) is 17.5 Å². The highest BCUT2D eigenvalue weighted by molar-refractivity contribution is 7.09. The second-order valence-electron chi connectivity index (χ2n) is 4.64. The van der Waals surface area contributed by atoms with Crippen molar-refractivity contribution in [2.45, 2.75) is 18.8 Å². The summed E-state index contributed by atoms with van der Waals surface area (Å²) in [6.45, 7) is 1.69. The van der Waals surface area contributed by atoms with Crippen LogP contribution in [0.25, 0.3) is 0 Å². The van der Waals surface area contributed by atoms with Crippen molar-refractivity contribution in [2.75, 3.05) is 18.9 Å². The lowest BCUT2D eigenvalue weighted by molar-refractivity contribution is 0.193. The van der Waals surface area contributed by atoms with Gasteiger partial charge in [0.1, 0.15) is 0 Å². The standard InChI is InChI=1S/C14H16N2OS.ClH/c15-12-3-1-10(2-4-12)7-14-16-13(9-18-14)11-5-6-17-8-11;/h1-4,9,11H,5-8,15H2;1H. The van der Waals surface area contributed by atoms with Crippen LogP contribution in [0, 0.1) is 0 Å². The van der Waals surface area contributed by atoms with Crippen LogP contribution in [0.2, 0.25) is 0 Å². The van der Waals surface area contributed by atoms with Crippen LogP contribution in [0.3, 0.4) is 0 Å². The first-order valence-electron chi connectivity index (χ1n) is 6.18. The van der Waals surface area contributed by atoms with Gasteiger partial charge in [-0.15, -0.1) is 23.7 Å². The molecule has 0 bridgehead atoms. The topological polar surface area (TPSA) is 48.1 Å². The second-order valence-corrected chi connectivity index (χ2v) is 5.59. The summed E-state index contributed by atoms with van der Waals surface area (Å²) in [5.41, 5.74) is 8.94. The Kier molecular flexibility index (Phi) is 4.80. The molecular weight excluding hydrogens is 280 g/mol. The molecule has 1 atom stereocenters. The van der Waals surface area contributed by atoms with Crippen LogP contribution in [0.5, 0.6) is 0 Å². The number of nitrogens with zero attached hydrogens (tertiary/aromatic N) is 1. The Morgan fingerprint density at radius 2 is 2.11 bits per heavy atom. The molecule has 0 saturated carbocycles. The maximum absolute atomic E-state index is 5.68. The molecule has 1 saturated heterocycles. The van der Waals surface area contributed by atoms with Crippen LogP contribution in [0.15, 0.2) is 29.6 Å². The predicted molar refractivity (Wildman–Crippen MR) is 81.2 cm³/mol. The van der Waals surface area contributed by atoms with Gasteiger partial charge in [0.25, 0.3) is 0 Å². The van der Waals surface area contributed by atoms with Crippen molar-refractivity contribution in [3.05, 3.63) is 45.9 Å². The molecule has 1 aliphatic rings. The van der Waals surface area contributed by atoms with Gasteiger partial charge in [0.2, 0.25) is 0 Å². The average molecular weight is 297 g/mol. The van der Waals surface area contributed by atoms with Gasteiger partial charge in [0.05, 0.1) is 17.3 Å². The maximum atomic E-state index is 5.68. The van der Waals surface area contributed by atoms with Crippen molar-refractivity contribution >= 4 is 29.4 Å². The molecule has 1 fully saturated rings.